The molecule has 18 heavy (non-hydrogen) atoms. The number of allylic oxidation sites excluding steroid dienone is 1. The fraction of sp³-hybridized carbons (Fsp3) is 0.562. The van der Waals surface area contributed by atoms with Crippen LogP contribution in [0.1, 0.15) is 32.6 Å². The molecule has 4 atom stereocenters. The smallest absolute Gasteiger partial charge is 0.334 e. The number of carbonyl (C=O) groups is 1. The van der Waals surface area contributed by atoms with Gasteiger partial charge < -0.3 is 4.74 Å². The van der Waals surface area contributed by atoms with E-state index in [9.17, 15) is 4.79 Å². The maximum atomic E-state index is 11.9. The predicted octanol–water partition coefficient (Wildman–Crippen LogP) is 3.41. The lowest BCUT2D eigenvalue weighted by Crippen LogP contribution is -2.35. The Labute approximate surface area is 108 Å². The van der Waals surface area contributed by atoms with Gasteiger partial charge in [0, 0.05) is 16.9 Å². The van der Waals surface area contributed by atoms with Gasteiger partial charge in [-0.1, -0.05) is 37.8 Å². The second-order valence-corrected chi connectivity index (χ2v) is 6.21. The number of hydrogen-bond donors (Lipinski definition) is 0. The summed E-state index contributed by atoms with van der Waals surface area (Å²) in [7, 11) is 0. The lowest BCUT2D eigenvalue weighted by molar-refractivity contribution is -0.141. The van der Waals surface area contributed by atoms with Crippen molar-refractivity contribution in [3.8, 4) is 0 Å². The third-order valence-corrected chi connectivity index (χ3v) is 5.30. The van der Waals surface area contributed by atoms with Crippen LogP contribution in [-0.4, -0.2) is 12.1 Å². The summed E-state index contributed by atoms with van der Waals surface area (Å²) in [6.45, 7) is 14.5. The predicted molar refractivity (Wildman–Crippen MR) is 70.9 cm³/mol. The van der Waals surface area contributed by atoms with Crippen LogP contribution in [0.5, 0.6) is 0 Å². The number of fused-ring (bicyclic) bond motifs is 3. The van der Waals surface area contributed by atoms with Gasteiger partial charge in [-0.05, 0) is 31.6 Å². The lowest BCUT2D eigenvalue weighted by Gasteiger charge is -2.32. The van der Waals surface area contributed by atoms with E-state index in [4.69, 9.17) is 4.74 Å². The van der Waals surface area contributed by atoms with Crippen LogP contribution in [0.4, 0.5) is 0 Å². The molecule has 3 aliphatic rings. The van der Waals surface area contributed by atoms with Gasteiger partial charge in [0.15, 0.2) is 0 Å². The van der Waals surface area contributed by atoms with Gasteiger partial charge in [-0.2, -0.15) is 0 Å². The van der Waals surface area contributed by atoms with Gasteiger partial charge in [0.05, 0.1) is 0 Å². The highest BCUT2D eigenvalue weighted by Gasteiger charge is 2.57. The fourth-order valence-corrected chi connectivity index (χ4v) is 3.94. The summed E-state index contributed by atoms with van der Waals surface area (Å²) < 4.78 is 5.65. The molecule has 0 aromatic rings. The number of hydrogen-bond acceptors (Lipinski definition) is 2. The van der Waals surface area contributed by atoms with E-state index in [1.54, 1.807) is 0 Å². The van der Waals surface area contributed by atoms with Crippen LogP contribution in [0.2, 0.25) is 0 Å². The Kier molecular flexibility index (Phi) is 2.35. The molecular formula is C16H20O2. The molecule has 0 amide bonds. The van der Waals surface area contributed by atoms with Crippen LogP contribution in [0.3, 0.4) is 0 Å². The van der Waals surface area contributed by atoms with Crippen LogP contribution in [-0.2, 0) is 9.53 Å². The minimum Gasteiger partial charge on any atom is -0.457 e. The zero-order chi connectivity index (χ0) is 13.1. The van der Waals surface area contributed by atoms with E-state index in [0.717, 1.165) is 25.7 Å². The molecule has 2 nitrogen and oxygen atoms in total. The molecule has 2 aliphatic carbocycles. The van der Waals surface area contributed by atoms with Gasteiger partial charge in [0.25, 0.3) is 0 Å². The first-order valence-corrected chi connectivity index (χ1v) is 6.71. The summed E-state index contributed by atoms with van der Waals surface area (Å²) in [5.41, 5.74) is 2.94. The average molecular weight is 244 g/mol. The molecule has 96 valence electrons. The molecule has 2 heteroatoms. The Balaban J connectivity index is 2.08. The van der Waals surface area contributed by atoms with Crippen molar-refractivity contribution in [2.45, 2.75) is 38.7 Å². The van der Waals surface area contributed by atoms with Crippen molar-refractivity contribution in [1.82, 2.24) is 0 Å². The second kappa shape index (κ2) is 3.59. The molecule has 1 aliphatic heterocycles. The summed E-state index contributed by atoms with van der Waals surface area (Å²) in [5, 5.41) is 0. The van der Waals surface area contributed by atoms with E-state index in [0.29, 0.717) is 11.5 Å². The van der Waals surface area contributed by atoms with E-state index in [1.165, 1.54) is 11.1 Å². The molecule has 3 fully saturated rings. The van der Waals surface area contributed by atoms with Gasteiger partial charge in [0.2, 0.25) is 0 Å². The fourth-order valence-electron chi connectivity index (χ4n) is 3.94. The van der Waals surface area contributed by atoms with Crippen molar-refractivity contribution in [3.05, 3.63) is 36.5 Å². The number of ether oxygens (including phenoxy) is 1. The first-order chi connectivity index (χ1) is 8.45. The molecule has 1 saturated heterocycles. The topological polar surface area (TPSA) is 26.3 Å². The first kappa shape index (κ1) is 11.8. The summed E-state index contributed by atoms with van der Waals surface area (Å²) in [5.74, 6) is 0.490. The van der Waals surface area contributed by atoms with E-state index in [1.807, 2.05) is 0 Å². The SMILES string of the molecule is C=C1CC[C@H]2C(=C)CC[C@@]3(C)C(=C)C(=O)O[C@@H]3[C@@H]12. The largest absolute Gasteiger partial charge is 0.457 e. The Bertz CT molecular complexity index is 473. The zero-order valence-electron chi connectivity index (χ0n) is 11.0. The van der Waals surface area contributed by atoms with Crippen molar-refractivity contribution < 1.29 is 9.53 Å². The van der Waals surface area contributed by atoms with Crippen molar-refractivity contribution in [2.75, 3.05) is 0 Å². The highest BCUT2D eigenvalue weighted by Crippen LogP contribution is 2.57. The average Bonchev–Trinajstić information content (AvgIpc) is 2.77. The van der Waals surface area contributed by atoms with Crippen LogP contribution >= 0.6 is 0 Å². The van der Waals surface area contributed by atoms with Crippen LogP contribution < -0.4 is 0 Å². The Hall–Kier alpha value is -1.31. The maximum Gasteiger partial charge on any atom is 0.334 e. The zero-order valence-corrected chi connectivity index (χ0v) is 11.0. The monoisotopic (exact) mass is 244 g/mol. The Morgan fingerprint density at radius 1 is 1.22 bits per heavy atom. The van der Waals surface area contributed by atoms with Crippen LogP contribution in [0.25, 0.3) is 0 Å². The van der Waals surface area contributed by atoms with E-state index < -0.39 is 0 Å². The minimum atomic E-state index is -0.229. The van der Waals surface area contributed by atoms with Gasteiger partial charge in [-0.15, -0.1) is 0 Å². The molecule has 2 saturated carbocycles. The van der Waals surface area contributed by atoms with Crippen LogP contribution in [0.15, 0.2) is 36.5 Å². The Morgan fingerprint density at radius 2 is 1.94 bits per heavy atom. The highest BCUT2D eigenvalue weighted by molar-refractivity contribution is 5.92. The lowest BCUT2D eigenvalue weighted by atomic mass is 9.72. The molecule has 0 aromatic carbocycles. The van der Waals surface area contributed by atoms with Crippen molar-refractivity contribution in [1.29, 1.82) is 0 Å². The minimum absolute atomic E-state index is 0.0725. The van der Waals surface area contributed by atoms with Crippen molar-refractivity contribution >= 4 is 5.97 Å². The second-order valence-electron chi connectivity index (χ2n) is 6.21. The van der Waals surface area contributed by atoms with E-state index in [-0.39, 0.29) is 23.4 Å². The molecular weight excluding hydrogens is 224 g/mol. The number of esters is 1. The number of carbonyl (C=O) groups excluding carboxylic acids is 1. The van der Waals surface area contributed by atoms with Gasteiger partial charge >= 0.3 is 5.97 Å². The van der Waals surface area contributed by atoms with E-state index in [2.05, 4.69) is 26.7 Å². The van der Waals surface area contributed by atoms with Gasteiger partial charge in [-0.25, -0.2) is 4.79 Å². The maximum absolute atomic E-state index is 11.9. The van der Waals surface area contributed by atoms with Crippen molar-refractivity contribution in [3.63, 3.8) is 0 Å². The normalized spacial score (nSPS) is 43.5. The summed E-state index contributed by atoms with van der Waals surface area (Å²) >= 11 is 0. The van der Waals surface area contributed by atoms with Crippen molar-refractivity contribution in [2.24, 2.45) is 17.3 Å². The Morgan fingerprint density at radius 3 is 2.67 bits per heavy atom. The molecule has 3 rings (SSSR count). The molecule has 0 aromatic heterocycles. The first-order valence-electron chi connectivity index (χ1n) is 6.71. The van der Waals surface area contributed by atoms with E-state index >= 15 is 0 Å². The molecule has 0 radical (unpaired) electrons. The quantitative estimate of drug-likeness (QED) is 0.371. The molecule has 0 unspecified atom stereocenters. The summed E-state index contributed by atoms with van der Waals surface area (Å²) in [6, 6.07) is 0. The number of rotatable bonds is 0. The molecule has 0 bridgehead atoms. The standard InChI is InChI=1S/C16H20O2/c1-9-7-8-16(4)11(3)15(17)18-14(16)13-10(2)5-6-12(9)13/h12-14H,1-3,5-8H2,4H3/t12-,13-,14+,16-/m0/s1. The molecule has 0 N–H and O–H groups in total. The molecule has 0 spiro atoms. The van der Waals surface area contributed by atoms with Gasteiger partial charge in [-0.3, -0.25) is 0 Å². The molecule has 1 heterocycles. The van der Waals surface area contributed by atoms with Crippen LogP contribution in [0, 0.1) is 17.3 Å². The summed E-state index contributed by atoms with van der Waals surface area (Å²) in [6.07, 6.45) is 3.96. The summed E-state index contributed by atoms with van der Waals surface area (Å²) in [4.78, 5) is 11.9. The van der Waals surface area contributed by atoms with Gasteiger partial charge in [0.1, 0.15) is 6.10 Å². The highest BCUT2D eigenvalue weighted by atomic mass is 16.6. The third kappa shape index (κ3) is 1.32. The third-order valence-electron chi connectivity index (χ3n) is 5.30.